The predicted molar refractivity (Wildman–Crippen MR) is 88.7 cm³/mol. The summed E-state index contributed by atoms with van der Waals surface area (Å²) in [5.41, 5.74) is 0. The van der Waals surface area contributed by atoms with Gasteiger partial charge in [-0.2, -0.15) is 0 Å². The van der Waals surface area contributed by atoms with Gasteiger partial charge in [-0.3, -0.25) is 4.79 Å². The molecule has 0 aliphatic carbocycles. The van der Waals surface area contributed by atoms with Crippen LogP contribution < -0.4 is 0 Å². The molecule has 0 spiro atoms. The van der Waals surface area contributed by atoms with Crippen molar-refractivity contribution in [2.45, 2.75) is 78.1 Å². The first-order valence-corrected chi connectivity index (χ1v) is 8.80. The van der Waals surface area contributed by atoms with E-state index in [1.54, 1.807) is 0 Å². The third-order valence-corrected chi connectivity index (χ3v) is 4.03. The van der Waals surface area contributed by atoms with Crippen molar-refractivity contribution in [3.05, 3.63) is 0 Å². The first kappa shape index (κ1) is 18.9. The Kier molecular flexibility index (Phi) is 14.3. The summed E-state index contributed by atoms with van der Waals surface area (Å²) in [6, 6.07) is 0. The van der Waals surface area contributed by atoms with Crippen molar-refractivity contribution in [3.63, 3.8) is 0 Å². The fourth-order valence-electron chi connectivity index (χ4n) is 1.87. The number of thioether (sulfide) groups is 1. The highest BCUT2D eigenvalue weighted by atomic mass is 32.2. The van der Waals surface area contributed by atoms with Crippen LogP contribution in [0.1, 0.15) is 78.1 Å². The van der Waals surface area contributed by atoms with Crippen LogP contribution >= 0.6 is 24.0 Å². The van der Waals surface area contributed by atoms with Crippen LogP contribution in [0.15, 0.2) is 0 Å². The lowest BCUT2D eigenvalue weighted by molar-refractivity contribution is -0.111. The Bertz CT molecular complexity index is 242. The van der Waals surface area contributed by atoms with E-state index in [1.807, 2.05) is 6.92 Å². The zero-order valence-corrected chi connectivity index (χ0v) is 14.0. The number of rotatable bonds is 11. The topological polar surface area (TPSA) is 26.3 Å². The maximum Gasteiger partial charge on any atom is 0.227 e. The number of ether oxygens (including phenoxy) is 1. The van der Waals surface area contributed by atoms with E-state index in [4.69, 9.17) is 17.0 Å². The summed E-state index contributed by atoms with van der Waals surface area (Å²) in [6.45, 7) is 4.65. The minimum atomic E-state index is 0.140. The Morgan fingerprint density at radius 2 is 1.47 bits per heavy atom. The van der Waals surface area contributed by atoms with Crippen molar-refractivity contribution >= 4 is 33.5 Å². The van der Waals surface area contributed by atoms with Gasteiger partial charge in [0, 0.05) is 6.42 Å². The van der Waals surface area contributed by atoms with Crippen molar-refractivity contribution in [2.75, 3.05) is 6.61 Å². The normalized spacial score (nSPS) is 10.4. The largest absolute Gasteiger partial charge is 0.479 e. The average Bonchev–Trinajstić information content (AvgIpc) is 2.37. The first-order chi connectivity index (χ1) is 9.20. The Balaban J connectivity index is 3.25. The highest BCUT2D eigenvalue weighted by Crippen LogP contribution is 2.15. The molecule has 0 aliphatic rings. The fourth-order valence-corrected chi connectivity index (χ4v) is 2.88. The minimum absolute atomic E-state index is 0.140. The van der Waals surface area contributed by atoms with Gasteiger partial charge in [0.05, 0.1) is 6.61 Å². The molecule has 0 aromatic heterocycles. The van der Waals surface area contributed by atoms with Gasteiger partial charge in [-0.1, -0.05) is 58.3 Å². The first-order valence-electron chi connectivity index (χ1n) is 7.58. The van der Waals surface area contributed by atoms with E-state index in [-0.39, 0.29) is 5.12 Å². The molecule has 0 radical (unpaired) electrons. The van der Waals surface area contributed by atoms with Crippen LogP contribution in [0, 0.1) is 0 Å². The summed E-state index contributed by atoms with van der Waals surface area (Å²) >= 11 is 5.99. The average molecular weight is 305 g/mol. The van der Waals surface area contributed by atoms with E-state index in [9.17, 15) is 4.79 Å². The van der Waals surface area contributed by atoms with E-state index >= 15 is 0 Å². The molecule has 0 saturated carbocycles. The monoisotopic (exact) mass is 304 g/mol. The smallest absolute Gasteiger partial charge is 0.227 e. The lowest BCUT2D eigenvalue weighted by atomic mass is 10.1. The molecule has 0 atom stereocenters. The molecule has 0 bridgehead atoms. The molecular weight excluding hydrogens is 276 g/mol. The summed E-state index contributed by atoms with van der Waals surface area (Å²) in [6.07, 6.45) is 12.1. The van der Waals surface area contributed by atoms with E-state index in [1.165, 1.54) is 44.9 Å². The zero-order valence-electron chi connectivity index (χ0n) is 12.4. The standard InChI is InChI=1S/C15H28O2S2/c1-3-5-6-7-8-9-10-11-12-13-14(16)19-15(18)17-4-2/h3-13H2,1-2H3. The van der Waals surface area contributed by atoms with E-state index in [2.05, 4.69) is 6.92 Å². The molecule has 0 rings (SSSR count). The second-order valence-corrected chi connectivity index (χ2v) is 6.39. The summed E-state index contributed by atoms with van der Waals surface area (Å²) in [7, 11) is 0. The van der Waals surface area contributed by atoms with Gasteiger partial charge in [-0.15, -0.1) is 0 Å². The maximum atomic E-state index is 11.5. The molecule has 0 amide bonds. The number of thiocarbonyl (C=S) groups is 1. The molecule has 0 unspecified atom stereocenters. The summed E-state index contributed by atoms with van der Waals surface area (Å²) in [4.78, 5) is 11.5. The Hall–Kier alpha value is -0.0900. The number of carbonyl (C=O) groups is 1. The number of carbonyl (C=O) groups excluding carboxylic acids is 1. The van der Waals surface area contributed by atoms with Gasteiger partial charge in [0.2, 0.25) is 4.38 Å². The van der Waals surface area contributed by atoms with Crippen LogP contribution in [0.5, 0.6) is 0 Å². The van der Waals surface area contributed by atoms with Crippen molar-refractivity contribution in [1.82, 2.24) is 0 Å². The van der Waals surface area contributed by atoms with Crippen LogP contribution in [0.3, 0.4) is 0 Å². The molecule has 0 saturated heterocycles. The lowest BCUT2D eigenvalue weighted by Crippen LogP contribution is -2.01. The van der Waals surface area contributed by atoms with Crippen molar-refractivity contribution < 1.29 is 9.53 Å². The fraction of sp³-hybridized carbons (Fsp3) is 0.867. The second kappa shape index (κ2) is 14.3. The Morgan fingerprint density at radius 1 is 0.947 bits per heavy atom. The summed E-state index contributed by atoms with van der Waals surface area (Å²) < 4.78 is 5.44. The van der Waals surface area contributed by atoms with Crippen LogP contribution in [0.4, 0.5) is 0 Å². The van der Waals surface area contributed by atoms with Crippen LogP contribution in [0.25, 0.3) is 0 Å². The number of unbranched alkanes of at least 4 members (excludes halogenated alkanes) is 8. The van der Waals surface area contributed by atoms with Gasteiger partial charge in [-0.25, -0.2) is 0 Å². The SMILES string of the molecule is CCCCCCCCCCCC(=O)SC(=S)OCC. The molecule has 0 aromatic rings. The molecule has 112 valence electrons. The third-order valence-electron chi connectivity index (χ3n) is 2.94. The molecule has 19 heavy (non-hydrogen) atoms. The van der Waals surface area contributed by atoms with Gasteiger partial charge in [0.1, 0.15) is 0 Å². The summed E-state index contributed by atoms with van der Waals surface area (Å²) in [5.74, 6) is 0. The molecule has 4 heteroatoms. The highest BCUT2D eigenvalue weighted by molar-refractivity contribution is 8.32. The molecule has 0 aromatic carbocycles. The molecule has 0 N–H and O–H groups in total. The minimum Gasteiger partial charge on any atom is -0.479 e. The molecule has 0 fully saturated rings. The maximum absolute atomic E-state index is 11.5. The molecular formula is C15H28O2S2. The Labute approximate surface area is 128 Å². The van der Waals surface area contributed by atoms with Crippen molar-refractivity contribution in [2.24, 2.45) is 0 Å². The Morgan fingerprint density at radius 3 is 2.00 bits per heavy atom. The molecule has 0 heterocycles. The van der Waals surface area contributed by atoms with Crippen LogP contribution in [0.2, 0.25) is 0 Å². The highest BCUT2D eigenvalue weighted by Gasteiger charge is 2.07. The zero-order chi connectivity index (χ0) is 14.3. The number of hydrogen-bond donors (Lipinski definition) is 0. The predicted octanol–water partition coefficient (Wildman–Crippen LogP) is 5.49. The van der Waals surface area contributed by atoms with Gasteiger partial charge in [0.25, 0.3) is 0 Å². The van der Waals surface area contributed by atoms with Gasteiger partial charge >= 0.3 is 0 Å². The molecule has 0 aliphatic heterocycles. The molecule has 2 nitrogen and oxygen atoms in total. The van der Waals surface area contributed by atoms with Gasteiger partial charge in [-0.05, 0) is 37.3 Å². The van der Waals surface area contributed by atoms with Crippen molar-refractivity contribution in [3.8, 4) is 0 Å². The lowest BCUT2D eigenvalue weighted by Gasteiger charge is -2.03. The third kappa shape index (κ3) is 14.1. The van der Waals surface area contributed by atoms with E-state index in [0.29, 0.717) is 17.4 Å². The van der Waals surface area contributed by atoms with Crippen molar-refractivity contribution in [1.29, 1.82) is 0 Å². The van der Waals surface area contributed by atoms with Crippen LogP contribution in [-0.4, -0.2) is 16.1 Å². The van der Waals surface area contributed by atoms with Crippen LogP contribution in [-0.2, 0) is 9.53 Å². The second-order valence-electron chi connectivity index (χ2n) is 4.74. The summed E-state index contributed by atoms with van der Waals surface area (Å²) in [5, 5.41) is 0.140. The quantitative estimate of drug-likeness (QED) is 0.372. The van der Waals surface area contributed by atoms with Gasteiger partial charge < -0.3 is 4.74 Å². The number of hydrogen-bond acceptors (Lipinski definition) is 4. The van der Waals surface area contributed by atoms with E-state index in [0.717, 1.165) is 24.6 Å². The van der Waals surface area contributed by atoms with E-state index < -0.39 is 0 Å². The van der Waals surface area contributed by atoms with Gasteiger partial charge in [0.15, 0.2) is 5.12 Å².